The van der Waals surface area contributed by atoms with Crippen molar-refractivity contribution in [3.63, 3.8) is 0 Å². The highest BCUT2D eigenvalue weighted by molar-refractivity contribution is 7.89. The second-order valence-corrected chi connectivity index (χ2v) is 8.27. The fourth-order valence-corrected chi connectivity index (χ4v) is 3.49. The van der Waals surface area contributed by atoms with Gasteiger partial charge in [-0.15, -0.1) is 0 Å². The largest absolute Gasteiger partial charge is 0.492 e. The van der Waals surface area contributed by atoms with Gasteiger partial charge in [-0.3, -0.25) is 4.79 Å². The van der Waals surface area contributed by atoms with Crippen LogP contribution in [0.2, 0.25) is 5.02 Å². The lowest BCUT2D eigenvalue weighted by Crippen LogP contribution is -2.39. The Kier molecular flexibility index (Phi) is 7.99. The van der Waals surface area contributed by atoms with Crippen LogP contribution in [-0.2, 0) is 14.8 Å². The molecule has 1 rings (SSSR count). The Morgan fingerprint density at radius 1 is 1.38 bits per heavy atom. The van der Waals surface area contributed by atoms with Crippen LogP contribution in [0.1, 0.15) is 27.2 Å². The van der Waals surface area contributed by atoms with E-state index < -0.39 is 10.0 Å². The lowest BCUT2D eigenvalue weighted by molar-refractivity contribution is -0.121. The molecule has 0 aromatic heterocycles. The van der Waals surface area contributed by atoms with E-state index in [-0.39, 0.29) is 28.1 Å². The molecule has 0 saturated carbocycles. The molecular formula is C16H25ClN2O4S. The van der Waals surface area contributed by atoms with Gasteiger partial charge in [0, 0.05) is 18.6 Å². The van der Waals surface area contributed by atoms with Crippen LogP contribution in [0.15, 0.2) is 23.1 Å². The van der Waals surface area contributed by atoms with Gasteiger partial charge in [-0.2, -0.15) is 4.31 Å². The molecule has 1 aromatic carbocycles. The van der Waals surface area contributed by atoms with E-state index in [9.17, 15) is 13.2 Å². The van der Waals surface area contributed by atoms with E-state index in [1.807, 2.05) is 0 Å². The maximum Gasteiger partial charge on any atom is 0.247 e. The normalized spacial score (nSPS) is 11.8. The van der Waals surface area contributed by atoms with Gasteiger partial charge in [-0.1, -0.05) is 25.4 Å². The van der Waals surface area contributed by atoms with Crippen molar-refractivity contribution in [3.8, 4) is 5.75 Å². The van der Waals surface area contributed by atoms with Crippen molar-refractivity contribution < 1.29 is 17.9 Å². The van der Waals surface area contributed by atoms with Crippen LogP contribution in [0.4, 0.5) is 0 Å². The highest BCUT2D eigenvalue weighted by atomic mass is 35.5. The van der Waals surface area contributed by atoms with Crippen LogP contribution in [0.3, 0.4) is 0 Å². The Morgan fingerprint density at radius 3 is 2.62 bits per heavy atom. The number of ether oxygens (including phenoxy) is 1. The number of nitrogens with one attached hydrogen (secondary N) is 1. The number of carbonyl (C=O) groups is 1. The Morgan fingerprint density at radius 2 is 2.04 bits per heavy atom. The van der Waals surface area contributed by atoms with Gasteiger partial charge in [0.2, 0.25) is 15.9 Å². The Hall–Kier alpha value is -1.31. The van der Waals surface area contributed by atoms with Crippen LogP contribution in [0, 0.1) is 5.92 Å². The molecule has 0 atom stereocenters. The molecule has 0 bridgehead atoms. The highest BCUT2D eigenvalue weighted by Gasteiger charge is 2.27. The summed E-state index contributed by atoms with van der Waals surface area (Å²) in [6.45, 7) is 6.44. The summed E-state index contributed by atoms with van der Waals surface area (Å²) in [7, 11) is -2.53. The minimum atomic E-state index is -3.89. The summed E-state index contributed by atoms with van der Waals surface area (Å²) in [5.74, 6) is 0.336. The molecule has 1 amide bonds. The number of halogens is 1. The van der Waals surface area contributed by atoms with E-state index in [0.717, 1.165) is 10.7 Å². The van der Waals surface area contributed by atoms with E-state index >= 15 is 0 Å². The minimum absolute atomic E-state index is 0.0469. The topological polar surface area (TPSA) is 75.7 Å². The number of nitrogens with zero attached hydrogens (tertiary/aromatic N) is 1. The number of sulfonamides is 1. The van der Waals surface area contributed by atoms with Crippen LogP contribution < -0.4 is 10.1 Å². The number of hydrogen-bond acceptors (Lipinski definition) is 4. The minimum Gasteiger partial charge on any atom is -0.492 e. The van der Waals surface area contributed by atoms with Gasteiger partial charge in [0.1, 0.15) is 10.6 Å². The lowest BCUT2D eigenvalue weighted by atomic mass is 10.1. The maximum absolute atomic E-state index is 12.7. The molecule has 0 heterocycles. The van der Waals surface area contributed by atoms with Crippen molar-refractivity contribution in [3.05, 3.63) is 23.2 Å². The summed E-state index contributed by atoms with van der Waals surface area (Å²) >= 11 is 5.91. The zero-order valence-corrected chi connectivity index (χ0v) is 16.1. The molecule has 0 aliphatic heterocycles. The number of hydrogen-bond donors (Lipinski definition) is 1. The predicted molar refractivity (Wildman–Crippen MR) is 94.9 cm³/mol. The molecule has 8 heteroatoms. The Labute approximate surface area is 149 Å². The van der Waals surface area contributed by atoms with Crippen molar-refractivity contribution in [2.45, 2.75) is 32.1 Å². The molecule has 0 spiro atoms. The van der Waals surface area contributed by atoms with Crippen LogP contribution in [0.25, 0.3) is 0 Å². The van der Waals surface area contributed by atoms with E-state index in [2.05, 4.69) is 19.2 Å². The van der Waals surface area contributed by atoms with Gasteiger partial charge in [-0.05, 0) is 37.5 Å². The lowest BCUT2D eigenvalue weighted by Gasteiger charge is -2.19. The standard InChI is InChI=1S/C16H25ClN2O4S/c1-5-23-14-7-6-13(17)10-15(14)24(21,22)19(4)11-16(20)18-9-8-12(2)3/h6-7,10,12H,5,8-9,11H2,1-4H3,(H,18,20). The molecule has 0 radical (unpaired) electrons. The Balaban J connectivity index is 2.87. The number of likely N-dealkylation sites (N-methyl/N-ethyl adjacent to an activating group) is 1. The van der Waals surface area contributed by atoms with Gasteiger partial charge in [0.05, 0.1) is 13.2 Å². The van der Waals surface area contributed by atoms with Crippen molar-refractivity contribution in [1.82, 2.24) is 9.62 Å². The first-order valence-electron chi connectivity index (χ1n) is 7.83. The molecule has 136 valence electrons. The van der Waals surface area contributed by atoms with E-state index in [1.165, 1.54) is 19.2 Å². The number of amides is 1. The second-order valence-electron chi connectivity index (χ2n) is 5.82. The van der Waals surface area contributed by atoms with E-state index in [0.29, 0.717) is 19.1 Å². The highest BCUT2D eigenvalue weighted by Crippen LogP contribution is 2.29. The fourth-order valence-electron chi connectivity index (χ4n) is 1.97. The van der Waals surface area contributed by atoms with Crippen LogP contribution in [-0.4, -0.2) is 45.4 Å². The first kappa shape index (κ1) is 20.7. The third kappa shape index (κ3) is 5.96. The van der Waals surface area contributed by atoms with E-state index in [4.69, 9.17) is 16.3 Å². The smallest absolute Gasteiger partial charge is 0.247 e. The van der Waals surface area contributed by atoms with Crippen molar-refractivity contribution in [2.24, 2.45) is 5.92 Å². The molecule has 24 heavy (non-hydrogen) atoms. The molecule has 0 saturated heterocycles. The molecule has 1 N–H and O–H groups in total. The SMILES string of the molecule is CCOc1ccc(Cl)cc1S(=O)(=O)N(C)CC(=O)NCCC(C)C. The molecule has 1 aromatic rings. The van der Waals surface area contributed by atoms with Crippen LogP contribution in [0.5, 0.6) is 5.75 Å². The zero-order valence-electron chi connectivity index (χ0n) is 14.5. The molecular weight excluding hydrogens is 352 g/mol. The predicted octanol–water partition coefficient (Wildman–Crippen LogP) is 2.52. The third-order valence-corrected chi connectivity index (χ3v) is 5.36. The molecule has 0 aliphatic rings. The number of rotatable bonds is 9. The van der Waals surface area contributed by atoms with Gasteiger partial charge < -0.3 is 10.1 Å². The fraction of sp³-hybridized carbons (Fsp3) is 0.562. The Bertz CT molecular complexity index is 662. The monoisotopic (exact) mass is 376 g/mol. The first-order chi connectivity index (χ1) is 11.2. The van der Waals surface area contributed by atoms with Crippen molar-refractivity contribution >= 4 is 27.5 Å². The summed E-state index contributed by atoms with van der Waals surface area (Å²) in [6.07, 6.45) is 0.838. The van der Waals surface area contributed by atoms with E-state index in [1.54, 1.807) is 13.0 Å². The van der Waals surface area contributed by atoms with Gasteiger partial charge in [-0.25, -0.2) is 8.42 Å². The first-order valence-corrected chi connectivity index (χ1v) is 9.65. The molecule has 6 nitrogen and oxygen atoms in total. The summed E-state index contributed by atoms with van der Waals surface area (Å²) < 4.78 is 31.8. The van der Waals surface area contributed by atoms with Crippen molar-refractivity contribution in [1.29, 1.82) is 0 Å². The van der Waals surface area contributed by atoms with Crippen LogP contribution >= 0.6 is 11.6 Å². The second kappa shape index (κ2) is 9.25. The quantitative estimate of drug-likeness (QED) is 0.718. The van der Waals surface area contributed by atoms with Gasteiger partial charge in [0.15, 0.2) is 0 Å². The summed E-state index contributed by atoms with van der Waals surface area (Å²) in [4.78, 5) is 11.9. The van der Waals surface area contributed by atoms with Gasteiger partial charge in [0.25, 0.3) is 0 Å². The number of benzene rings is 1. The summed E-state index contributed by atoms with van der Waals surface area (Å²) in [6, 6.07) is 4.40. The summed E-state index contributed by atoms with van der Waals surface area (Å²) in [5, 5.41) is 3.00. The average Bonchev–Trinajstić information content (AvgIpc) is 2.48. The number of carbonyl (C=O) groups excluding carboxylic acids is 1. The zero-order chi connectivity index (χ0) is 18.3. The van der Waals surface area contributed by atoms with Crippen molar-refractivity contribution in [2.75, 3.05) is 26.7 Å². The summed E-state index contributed by atoms with van der Waals surface area (Å²) in [5.41, 5.74) is 0. The maximum atomic E-state index is 12.7. The third-order valence-electron chi connectivity index (χ3n) is 3.30. The molecule has 0 unspecified atom stereocenters. The molecule has 0 aliphatic carbocycles. The molecule has 0 fully saturated rings. The van der Waals surface area contributed by atoms with Gasteiger partial charge >= 0.3 is 0 Å². The average molecular weight is 377 g/mol.